The molecule has 0 heterocycles. The first-order valence-electron chi connectivity index (χ1n) is 6.40. The number of nitrogens with zero attached hydrogens (tertiary/aromatic N) is 2. The van der Waals surface area contributed by atoms with Gasteiger partial charge < -0.3 is 0 Å². The summed E-state index contributed by atoms with van der Waals surface area (Å²) in [6.45, 7) is 11.3. The van der Waals surface area contributed by atoms with Gasteiger partial charge in [0.2, 0.25) is 0 Å². The lowest BCUT2D eigenvalue weighted by Gasteiger charge is -2.03. The molecule has 0 atom stereocenters. The van der Waals surface area contributed by atoms with E-state index >= 15 is 0 Å². The minimum Gasteiger partial charge on any atom is -0.226 e. The van der Waals surface area contributed by atoms with Crippen molar-refractivity contribution >= 4 is 5.57 Å². The summed E-state index contributed by atoms with van der Waals surface area (Å²) in [7, 11) is 0. The SMILES string of the molecule is [C-]#[N+]C(C#N)=C1c2ccc(C)cc2-c2cc(C)ccc21. The van der Waals surface area contributed by atoms with Crippen molar-refractivity contribution in [2.45, 2.75) is 13.8 Å². The van der Waals surface area contributed by atoms with E-state index < -0.39 is 0 Å². The minimum atomic E-state index is 0.165. The van der Waals surface area contributed by atoms with Crippen LogP contribution in [0.1, 0.15) is 22.3 Å². The van der Waals surface area contributed by atoms with Crippen molar-refractivity contribution in [3.8, 4) is 17.2 Å². The summed E-state index contributed by atoms with van der Waals surface area (Å²) in [5, 5.41) is 9.23. The topological polar surface area (TPSA) is 28.1 Å². The van der Waals surface area contributed by atoms with Gasteiger partial charge in [0.15, 0.2) is 0 Å². The van der Waals surface area contributed by atoms with E-state index in [2.05, 4.69) is 30.8 Å². The Morgan fingerprint density at radius 1 is 0.950 bits per heavy atom. The van der Waals surface area contributed by atoms with Crippen LogP contribution < -0.4 is 0 Å². The van der Waals surface area contributed by atoms with Crippen LogP contribution in [0.3, 0.4) is 0 Å². The number of aryl methyl sites for hydroxylation is 2. The van der Waals surface area contributed by atoms with Crippen LogP contribution in [-0.4, -0.2) is 0 Å². The zero-order valence-electron chi connectivity index (χ0n) is 11.4. The summed E-state index contributed by atoms with van der Waals surface area (Å²) in [6, 6.07) is 14.4. The number of hydrogen-bond donors (Lipinski definition) is 0. The van der Waals surface area contributed by atoms with Crippen molar-refractivity contribution in [3.05, 3.63) is 75.8 Å². The molecule has 2 aromatic carbocycles. The largest absolute Gasteiger partial charge is 0.270 e. The van der Waals surface area contributed by atoms with Gasteiger partial charge in [-0.2, -0.15) is 0 Å². The van der Waals surface area contributed by atoms with Gasteiger partial charge in [-0.1, -0.05) is 47.5 Å². The van der Waals surface area contributed by atoms with E-state index in [0.29, 0.717) is 0 Å². The predicted molar refractivity (Wildman–Crippen MR) is 79.6 cm³/mol. The fourth-order valence-corrected chi connectivity index (χ4v) is 2.73. The van der Waals surface area contributed by atoms with E-state index in [0.717, 1.165) is 27.8 Å². The van der Waals surface area contributed by atoms with Crippen LogP contribution in [0.2, 0.25) is 0 Å². The fraction of sp³-hybridized carbons (Fsp3) is 0.111. The van der Waals surface area contributed by atoms with Gasteiger partial charge in [0.1, 0.15) is 0 Å². The van der Waals surface area contributed by atoms with Crippen molar-refractivity contribution in [2.75, 3.05) is 0 Å². The second-order valence-electron chi connectivity index (χ2n) is 5.05. The second-order valence-corrected chi connectivity index (χ2v) is 5.05. The molecule has 2 aromatic rings. The summed E-state index contributed by atoms with van der Waals surface area (Å²) in [4.78, 5) is 3.40. The van der Waals surface area contributed by atoms with Gasteiger partial charge in [0.25, 0.3) is 5.70 Å². The monoisotopic (exact) mass is 256 g/mol. The van der Waals surface area contributed by atoms with Crippen LogP contribution in [0.15, 0.2) is 42.1 Å². The van der Waals surface area contributed by atoms with Gasteiger partial charge in [0, 0.05) is 5.57 Å². The van der Waals surface area contributed by atoms with Crippen LogP contribution >= 0.6 is 0 Å². The molecule has 0 unspecified atom stereocenters. The molecule has 20 heavy (non-hydrogen) atoms. The standard InChI is InChI=1S/C18H12N2/c1-11-4-6-13-15(8-11)16-9-12(2)5-7-14(16)18(13)17(10-19)20-3/h4-9H,1-2H3. The van der Waals surface area contributed by atoms with Crippen molar-refractivity contribution in [1.82, 2.24) is 0 Å². The summed E-state index contributed by atoms with van der Waals surface area (Å²) in [6.07, 6.45) is 0. The van der Waals surface area contributed by atoms with Crippen molar-refractivity contribution in [1.29, 1.82) is 5.26 Å². The predicted octanol–water partition coefficient (Wildman–Crippen LogP) is 4.49. The van der Waals surface area contributed by atoms with E-state index in [1.807, 2.05) is 30.3 Å². The lowest BCUT2D eigenvalue weighted by atomic mass is 10.0. The lowest BCUT2D eigenvalue weighted by Crippen LogP contribution is -1.86. The molecule has 0 N–H and O–H groups in total. The highest BCUT2D eigenvalue weighted by Gasteiger charge is 2.26. The van der Waals surface area contributed by atoms with E-state index in [1.54, 1.807) is 0 Å². The normalized spacial score (nSPS) is 11.3. The zero-order valence-corrected chi connectivity index (χ0v) is 11.4. The molecule has 1 aliphatic rings. The molecule has 0 saturated heterocycles. The number of benzene rings is 2. The van der Waals surface area contributed by atoms with Crippen molar-refractivity contribution in [3.63, 3.8) is 0 Å². The Hall–Kier alpha value is -2.84. The van der Waals surface area contributed by atoms with Gasteiger partial charge in [-0.3, -0.25) is 0 Å². The summed E-state index contributed by atoms with van der Waals surface area (Å²) < 4.78 is 0. The Bertz CT molecular complexity index is 773. The van der Waals surface area contributed by atoms with Crippen LogP contribution in [0, 0.1) is 31.8 Å². The minimum absolute atomic E-state index is 0.165. The zero-order chi connectivity index (χ0) is 14.3. The van der Waals surface area contributed by atoms with E-state index in [1.165, 1.54) is 11.1 Å². The smallest absolute Gasteiger partial charge is 0.226 e. The highest BCUT2D eigenvalue weighted by atomic mass is 14.7. The van der Waals surface area contributed by atoms with Crippen LogP contribution in [0.25, 0.3) is 21.5 Å². The van der Waals surface area contributed by atoms with E-state index in [9.17, 15) is 5.26 Å². The third-order valence-electron chi connectivity index (χ3n) is 3.63. The van der Waals surface area contributed by atoms with Crippen LogP contribution in [-0.2, 0) is 0 Å². The molecule has 2 heteroatoms. The molecule has 0 spiro atoms. The Labute approximate surface area is 118 Å². The van der Waals surface area contributed by atoms with Gasteiger partial charge in [-0.15, -0.1) is 0 Å². The molecule has 0 aliphatic heterocycles. The summed E-state index contributed by atoms with van der Waals surface area (Å²) in [5.41, 5.74) is 7.51. The maximum Gasteiger partial charge on any atom is 0.270 e. The number of fused-ring (bicyclic) bond motifs is 3. The highest BCUT2D eigenvalue weighted by Crippen LogP contribution is 2.46. The Kier molecular flexibility index (Phi) is 2.67. The first-order chi connectivity index (χ1) is 9.65. The quantitative estimate of drug-likeness (QED) is 0.430. The maximum absolute atomic E-state index is 9.23. The third kappa shape index (κ3) is 1.63. The van der Waals surface area contributed by atoms with Crippen LogP contribution in [0.5, 0.6) is 0 Å². The second kappa shape index (κ2) is 4.37. The Balaban J connectivity index is 2.47. The maximum atomic E-state index is 9.23. The van der Waals surface area contributed by atoms with Gasteiger partial charge in [-0.05, 0) is 36.1 Å². The molecular weight excluding hydrogens is 244 g/mol. The number of hydrogen-bond acceptors (Lipinski definition) is 1. The van der Waals surface area contributed by atoms with Crippen molar-refractivity contribution in [2.24, 2.45) is 0 Å². The molecule has 0 saturated carbocycles. The number of nitriles is 1. The van der Waals surface area contributed by atoms with Gasteiger partial charge in [0.05, 0.1) is 12.6 Å². The Morgan fingerprint density at radius 2 is 1.45 bits per heavy atom. The molecule has 1 aliphatic carbocycles. The molecule has 0 bridgehead atoms. The molecule has 3 rings (SSSR count). The molecule has 0 aromatic heterocycles. The van der Waals surface area contributed by atoms with Gasteiger partial charge in [-0.25, -0.2) is 10.1 Å². The van der Waals surface area contributed by atoms with Gasteiger partial charge >= 0.3 is 0 Å². The van der Waals surface area contributed by atoms with Crippen molar-refractivity contribution < 1.29 is 0 Å². The summed E-state index contributed by atoms with van der Waals surface area (Å²) in [5.74, 6) is 0. The number of allylic oxidation sites excluding steroid dienone is 1. The first-order valence-corrected chi connectivity index (χ1v) is 6.40. The fourth-order valence-electron chi connectivity index (χ4n) is 2.73. The third-order valence-corrected chi connectivity index (χ3v) is 3.63. The summed E-state index contributed by atoms with van der Waals surface area (Å²) >= 11 is 0. The molecule has 94 valence electrons. The molecule has 0 amide bonds. The number of rotatable bonds is 0. The lowest BCUT2D eigenvalue weighted by molar-refractivity contribution is 1.45. The van der Waals surface area contributed by atoms with E-state index in [-0.39, 0.29) is 5.70 Å². The molecular formula is C18H12N2. The highest BCUT2D eigenvalue weighted by molar-refractivity contribution is 6.03. The Morgan fingerprint density at radius 3 is 1.85 bits per heavy atom. The first kappa shape index (κ1) is 12.2. The average molecular weight is 256 g/mol. The molecule has 2 nitrogen and oxygen atoms in total. The molecule has 0 radical (unpaired) electrons. The van der Waals surface area contributed by atoms with E-state index in [4.69, 9.17) is 6.57 Å². The van der Waals surface area contributed by atoms with Crippen LogP contribution in [0.4, 0.5) is 0 Å². The average Bonchev–Trinajstić information content (AvgIpc) is 2.74. The molecule has 0 fully saturated rings.